The van der Waals surface area contributed by atoms with Crippen LogP contribution in [0.2, 0.25) is 0 Å². The van der Waals surface area contributed by atoms with Crippen molar-refractivity contribution in [2.45, 2.75) is 52.4 Å². The Labute approximate surface area is 204 Å². The summed E-state index contributed by atoms with van der Waals surface area (Å²) in [6.07, 6.45) is 1.41. The third-order valence-corrected chi connectivity index (χ3v) is 6.61. The van der Waals surface area contributed by atoms with Gasteiger partial charge >= 0.3 is 0 Å². The number of rotatable bonds is 8. The Bertz CT molecular complexity index is 1270. The van der Waals surface area contributed by atoms with Gasteiger partial charge in [0.25, 0.3) is 5.91 Å². The molecule has 0 bridgehead atoms. The molecule has 1 saturated heterocycles. The number of aromatic hydroxyl groups is 1. The van der Waals surface area contributed by atoms with Crippen molar-refractivity contribution in [2.24, 2.45) is 0 Å². The maximum Gasteiger partial charge on any atom is 0.258 e. The number of ether oxygens (including phenoxy) is 1. The van der Waals surface area contributed by atoms with E-state index in [2.05, 4.69) is 29.4 Å². The molecule has 0 unspecified atom stereocenters. The lowest BCUT2D eigenvalue weighted by molar-refractivity contribution is -0.128. The molecular formula is C26H31N5O4. The van der Waals surface area contributed by atoms with E-state index in [1.54, 1.807) is 15.9 Å². The van der Waals surface area contributed by atoms with E-state index in [-0.39, 0.29) is 23.1 Å². The third kappa shape index (κ3) is 4.81. The van der Waals surface area contributed by atoms with Crippen LogP contribution in [0.15, 0.2) is 30.3 Å². The van der Waals surface area contributed by atoms with Crippen LogP contribution in [-0.2, 0) is 24.4 Å². The van der Waals surface area contributed by atoms with Crippen LogP contribution in [-0.4, -0.2) is 62.7 Å². The number of phenols is 1. The summed E-state index contributed by atoms with van der Waals surface area (Å²) in [6, 6.07) is 9.55. The van der Waals surface area contributed by atoms with E-state index < -0.39 is 0 Å². The van der Waals surface area contributed by atoms with Gasteiger partial charge in [0.15, 0.2) is 0 Å². The van der Waals surface area contributed by atoms with Gasteiger partial charge in [0.1, 0.15) is 18.1 Å². The van der Waals surface area contributed by atoms with Gasteiger partial charge in [0, 0.05) is 50.1 Å². The molecule has 184 valence electrons. The molecule has 5 rings (SSSR count). The first-order valence-corrected chi connectivity index (χ1v) is 12.1. The Morgan fingerprint density at radius 3 is 2.83 bits per heavy atom. The minimum absolute atomic E-state index is 0.0902. The first kappa shape index (κ1) is 23.2. The molecule has 0 spiro atoms. The molecule has 0 atom stereocenters. The summed E-state index contributed by atoms with van der Waals surface area (Å²) in [7, 11) is 0. The molecule has 9 nitrogen and oxygen atoms in total. The number of nitrogens with zero attached hydrogens (tertiary/aromatic N) is 3. The number of phenolic OH excluding ortho intramolecular Hbond substituents is 1. The van der Waals surface area contributed by atoms with Crippen molar-refractivity contribution in [3.8, 4) is 11.5 Å². The van der Waals surface area contributed by atoms with Crippen molar-refractivity contribution in [1.29, 1.82) is 0 Å². The van der Waals surface area contributed by atoms with Crippen LogP contribution in [0.4, 0.5) is 0 Å². The van der Waals surface area contributed by atoms with E-state index in [1.165, 1.54) is 6.07 Å². The monoisotopic (exact) mass is 477 g/mol. The van der Waals surface area contributed by atoms with E-state index in [1.807, 2.05) is 18.2 Å². The predicted octanol–water partition coefficient (Wildman–Crippen LogP) is 2.92. The normalized spacial score (nSPS) is 15.5. The minimum atomic E-state index is -0.242. The molecule has 2 aliphatic heterocycles. The van der Waals surface area contributed by atoms with Gasteiger partial charge in [0.05, 0.1) is 23.3 Å². The van der Waals surface area contributed by atoms with Crippen LogP contribution >= 0.6 is 0 Å². The number of carbonyl (C=O) groups excluding carboxylic acids is 2. The molecule has 0 aliphatic carbocycles. The maximum atomic E-state index is 13.4. The fraction of sp³-hybridized carbons (Fsp3) is 0.423. The summed E-state index contributed by atoms with van der Waals surface area (Å²) in [5, 5.41) is 21.9. The van der Waals surface area contributed by atoms with E-state index in [9.17, 15) is 14.7 Å². The van der Waals surface area contributed by atoms with Crippen molar-refractivity contribution in [1.82, 2.24) is 25.3 Å². The second-order valence-corrected chi connectivity index (χ2v) is 9.55. The lowest BCUT2D eigenvalue weighted by Gasteiger charge is -2.17. The Morgan fingerprint density at radius 1 is 1.23 bits per heavy atom. The summed E-state index contributed by atoms with van der Waals surface area (Å²) >= 11 is 0. The van der Waals surface area contributed by atoms with Crippen LogP contribution in [0.25, 0.3) is 10.9 Å². The summed E-state index contributed by atoms with van der Waals surface area (Å²) in [5.41, 5.74) is 3.69. The fourth-order valence-electron chi connectivity index (χ4n) is 4.74. The van der Waals surface area contributed by atoms with Crippen LogP contribution in [0.1, 0.15) is 53.9 Å². The number of amides is 2. The van der Waals surface area contributed by atoms with Gasteiger partial charge in [-0.1, -0.05) is 19.9 Å². The highest BCUT2D eigenvalue weighted by atomic mass is 16.5. The van der Waals surface area contributed by atoms with E-state index >= 15 is 0 Å². The Hall–Kier alpha value is -3.59. The molecule has 1 aromatic heterocycles. The molecule has 3 aromatic rings. The zero-order chi connectivity index (χ0) is 24.5. The molecule has 3 heterocycles. The van der Waals surface area contributed by atoms with Gasteiger partial charge in [-0.05, 0) is 35.7 Å². The zero-order valence-electron chi connectivity index (χ0n) is 20.1. The van der Waals surface area contributed by atoms with Crippen LogP contribution in [0.3, 0.4) is 0 Å². The minimum Gasteiger partial charge on any atom is -0.507 e. The average Bonchev–Trinajstić information content (AvgIpc) is 3.54. The quantitative estimate of drug-likeness (QED) is 0.430. The van der Waals surface area contributed by atoms with E-state index in [4.69, 9.17) is 4.74 Å². The van der Waals surface area contributed by atoms with Crippen molar-refractivity contribution in [3.05, 3.63) is 52.7 Å². The number of aromatic amines is 1. The van der Waals surface area contributed by atoms with Crippen molar-refractivity contribution < 1.29 is 19.4 Å². The number of nitrogens with one attached hydrogen (secondary N) is 2. The lowest BCUT2D eigenvalue weighted by Crippen LogP contribution is -2.27. The third-order valence-electron chi connectivity index (χ3n) is 6.61. The number of likely N-dealkylation sites (tertiary alicyclic amines) is 1. The van der Waals surface area contributed by atoms with Gasteiger partial charge in [-0.15, -0.1) is 0 Å². The highest BCUT2D eigenvalue weighted by molar-refractivity contribution is 6.01. The second kappa shape index (κ2) is 9.58. The molecule has 3 N–H and O–H groups in total. The highest BCUT2D eigenvalue weighted by Gasteiger charge is 2.28. The van der Waals surface area contributed by atoms with Gasteiger partial charge in [-0.2, -0.15) is 5.10 Å². The molecule has 2 amide bonds. The van der Waals surface area contributed by atoms with Crippen molar-refractivity contribution >= 4 is 22.7 Å². The topological polar surface area (TPSA) is 111 Å². The standard InChI is InChI=1S/C26H31N5O4/c1-16(2)27-7-9-35-19-6-5-17-13-31(14-18(17)10-19)26(34)21-11-20-22(12-24(21)32)28-29-23(20)15-30-8-3-4-25(30)33/h5-6,10-12,16,27,32H,3-4,7-9,13-15H2,1-2H3,(H,28,29). The molecule has 9 heteroatoms. The van der Waals surface area contributed by atoms with Crippen LogP contribution < -0.4 is 10.1 Å². The summed E-state index contributed by atoms with van der Waals surface area (Å²) in [4.78, 5) is 28.9. The number of aromatic nitrogens is 2. The fourth-order valence-corrected chi connectivity index (χ4v) is 4.74. The second-order valence-electron chi connectivity index (χ2n) is 9.55. The smallest absolute Gasteiger partial charge is 0.258 e. The predicted molar refractivity (Wildman–Crippen MR) is 131 cm³/mol. The Balaban J connectivity index is 1.30. The zero-order valence-corrected chi connectivity index (χ0v) is 20.1. The molecule has 2 aliphatic rings. The molecule has 1 fully saturated rings. The largest absolute Gasteiger partial charge is 0.507 e. The molecule has 35 heavy (non-hydrogen) atoms. The first-order valence-electron chi connectivity index (χ1n) is 12.1. The van der Waals surface area contributed by atoms with Crippen LogP contribution in [0.5, 0.6) is 11.5 Å². The van der Waals surface area contributed by atoms with E-state index in [0.29, 0.717) is 56.5 Å². The van der Waals surface area contributed by atoms with E-state index in [0.717, 1.165) is 35.2 Å². The molecule has 2 aromatic carbocycles. The SMILES string of the molecule is CC(C)NCCOc1ccc2c(c1)CN(C(=O)c1cc3c(CN4CCCC4=O)n[nH]c3cc1O)C2. The molecule has 0 radical (unpaired) electrons. The highest BCUT2D eigenvalue weighted by Crippen LogP contribution is 2.32. The van der Waals surface area contributed by atoms with Gasteiger partial charge in [-0.25, -0.2) is 0 Å². The number of hydrogen-bond acceptors (Lipinski definition) is 6. The van der Waals surface area contributed by atoms with Gasteiger partial charge < -0.3 is 25.0 Å². The Morgan fingerprint density at radius 2 is 2.06 bits per heavy atom. The summed E-state index contributed by atoms with van der Waals surface area (Å²) in [5.74, 6) is 0.569. The molecular weight excluding hydrogens is 446 g/mol. The summed E-state index contributed by atoms with van der Waals surface area (Å²) < 4.78 is 5.85. The number of hydrogen-bond donors (Lipinski definition) is 3. The van der Waals surface area contributed by atoms with Gasteiger partial charge in [0.2, 0.25) is 5.91 Å². The average molecular weight is 478 g/mol. The first-order chi connectivity index (χ1) is 16.9. The van der Waals surface area contributed by atoms with Crippen LogP contribution in [0, 0.1) is 0 Å². The van der Waals surface area contributed by atoms with Crippen molar-refractivity contribution in [3.63, 3.8) is 0 Å². The Kier molecular flexibility index (Phi) is 6.34. The molecule has 0 saturated carbocycles. The number of H-pyrrole nitrogens is 1. The maximum absolute atomic E-state index is 13.4. The number of fused-ring (bicyclic) bond motifs is 2. The number of carbonyl (C=O) groups is 2. The van der Waals surface area contributed by atoms with Gasteiger partial charge in [-0.3, -0.25) is 14.7 Å². The van der Waals surface area contributed by atoms with Crippen molar-refractivity contribution in [2.75, 3.05) is 19.7 Å². The lowest BCUT2D eigenvalue weighted by atomic mass is 10.1. The number of benzene rings is 2. The summed E-state index contributed by atoms with van der Waals surface area (Å²) in [6.45, 7) is 7.56.